The molecule has 1 aliphatic heterocycles. The Morgan fingerprint density at radius 3 is 2.22 bits per heavy atom. The van der Waals surface area contributed by atoms with Crippen LogP contribution in [0.5, 0.6) is 23.0 Å². The Hall–Kier alpha value is -2.36. The van der Waals surface area contributed by atoms with Gasteiger partial charge >= 0.3 is 0 Å². The van der Waals surface area contributed by atoms with Crippen molar-refractivity contribution >= 4 is 0 Å². The standard InChI is InChI=1S/C23H30O4/c1-13-8-19(15(10-17(13)24)22(3,4)5)26-21-12-23(6,7)16-11-18(25)14(2)9-20(16)27-21/h8-11,21,24-25H,12H2,1-7H3/t21-/m1/s1. The quantitative estimate of drug-likeness (QED) is 0.735. The molecule has 1 atom stereocenters. The molecular formula is C23H30O4. The number of fused-ring (bicyclic) bond motifs is 1. The zero-order valence-corrected chi connectivity index (χ0v) is 17.3. The van der Waals surface area contributed by atoms with Crippen LogP contribution in [0.3, 0.4) is 0 Å². The molecule has 2 aromatic carbocycles. The van der Waals surface area contributed by atoms with E-state index in [4.69, 9.17) is 9.47 Å². The van der Waals surface area contributed by atoms with Crippen LogP contribution in [0.4, 0.5) is 0 Å². The molecule has 2 aromatic rings. The van der Waals surface area contributed by atoms with Gasteiger partial charge in [0.05, 0.1) is 0 Å². The normalized spacial score (nSPS) is 18.6. The van der Waals surface area contributed by atoms with Crippen molar-refractivity contribution in [1.82, 2.24) is 0 Å². The van der Waals surface area contributed by atoms with Crippen LogP contribution in [-0.4, -0.2) is 16.5 Å². The van der Waals surface area contributed by atoms with Gasteiger partial charge in [-0.05, 0) is 54.7 Å². The molecular weight excluding hydrogens is 340 g/mol. The molecule has 146 valence electrons. The van der Waals surface area contributed by atoms with E-state index in [0.29, 0.717) is 6.42 Å². The topological polar surface area (TPSA) is 58.9 Å². The number of hydrogen-bond acceptors (Lipinski definition) is 4. The molecule has 4 heteroatoms. The van der Waals surface area contributed by atoms with E-state index in [9.17, 15) is 10.2 Å². The minimum Gasteiger partial charge on any atom is -0.508 e. The third-order valence-corrected chi connectivity index (χ3v) is 5.33. The molecule has 1 aliphatic rings. The maximum atomic E-state index is 10.2. The Morgan fingerprint density at radius 1 is 1.00 bits per heavy atom. The fraction of sp³-hybridized carbons (Fsp3) is 0.478. The van der Waals surface area contributed by atoms with Crippen LogP contribution in [0.15, 0.2) is 24.3 Å². The minimum atomic E-state index is -0.443. The summed E-state index contributed by atoms with van der Waals surface area (Å²) in [4.78, 5) is 0. The molecule has 1 heterocycles. The van der Waals surface area contributed by atoms with Gasteiger partial charge in [-0.1, -0.05) is 34.6 Å². The van der Waals surface area contributed by atoms with E-state index < -0.39 is 6.29 Å². The third kappa shape index (κ3) is 3.71. The molecule has 27 heavy (non-hydrogen) atoms. The van der Waals surface area contributed by atoms with E-state index in [1.165, 1.54) is 0 Å². The predicted octanol–water partition coefficient (Wildman–Crippen LogP) is 5.48. The molecule has 4 nitrogen and oxygen atoms in total. The van der Waals surface area contributed by atoms with Crippen molar-refractivity contribution in [3.8, 4) is 23.0 Å². The SMILES string of the molecule is Cc1cc(O[C@H]2CC(C)(C)c3cc(O)c(C)cc3O2)c(C(C)(C)C)cc1O. The highest BCUT2D eigenvalue weighted by molar-refractivity contribution is 5.50. The van der Waals surface area contributed by atoms with Crippen molar-refractivity contribution in [2.45, 2.75) is 72.0 Å². The van der Waals surface area contributed by atoms with Gasteiger partial charge in [0, 0.05) is 23.0 Å². The summed E-state index contributed by atoms with van der Waals surface area (Å²) in [5, 5.41) is 20.2. The summed E-state index contributed by atoms with van der Waals surface area (Å²) in [7, 11) is 0. The van der Waals surface area contributed by atoms with Crippen LogP contribution in [0.25, 0.3) is 0 Å². The summed E-state index contributed by atoms with van der Waals surface area (Å²) in [6.07, 6.45) is 0.216. The van der Waals surface area contributed by atoms with Crippen LogP contribution in [0.2, 0.25) is 0 Å². The number of aromatic hydroxyl groups is 2. The van der Waals surface area contributed by atoms with E-state index in [2.05, 4.69) is 34.6 Å². The molecule has 0 fully saturated rings. The third-order valence-electron chi connectivity index (χ3n) is 5.33. The Labute approximate surface area is 161 Å². The van der Waals surface area contributed by atoms with E-state index in [1.54, 1.807) is 12.1 Å². The first-order chi connectivity index (χ1) is 12.4. The number of aryl methyl sites for hydroxylation is 2. The Kier molecular flexibility index (Phi) is 4.57. The van der Waals surface area contributed by atoms with Crippen LogP contribution in [0.1, 0.15) is 63.3 Å². The summed E-state index contributed by atoms with van der Waals surface area (Å²) in [5.74, 6) is 2.04. The summed E-state index contributed by atoms with van der Waals surface area (Å²) in [5.41, 5.74) is 3.11. The molecule has 0 radical (unpaired) electrons. The molecule has 0 aliphatic carbocycles. The number of ether oxygens (including phenoxy) is 2. The van der Waals surface area contributed by atoms with Gasteiger partial charge in [-0.15, -0.1) is 0 Å². The first-order valence-electron chi connectivity index (χ1n) is 9.40. The zero-order chi connectivity index (χ0) is 20.1. The van der Waals surface area contributed by atoms with Gasteiger partial charge in [0.15, 0.2) is 0 Å². The number of hydrogen-bond donors (Lipinski definition) is 2. The minimum absolute atomic E-state index is 0.176. The van der Waals surface area contributed by atoms with Crippen LogP contribution >= 0.6 is 0 Å². The second-order valence-corrected chi connectivity index (χ2v) is 9.27. The van der Waals surface area contributed by atoms with Gasteiger partial charge in [0.1, 0.15) is 23.0 Å². The lowest BCUT2D eigenvalue weighted by Gasteiger charge is -2.38. The van der Waals surface area contributed by atoms with Crippen molar-refractivity contribution in [3.05, 3.63) is 46.5 Å². The van der Waals surface area contributed by atoms with Crippen molar-refractivity contribution in [2.24, 2.45) is 0 Å². The van der Waals surface area contributed by atoms with Crippen molar-refractivity contribution in [1.29, 1.82) is 0 Å². The lowest BCUT2D eigenvalue weighted by Crippen LogP contribution is -2.38. The molecule has 0 spiro atoms. The lowest BCUT2D eigenvalue weighted by molar-refractivity contribution is -0.0303. The Bertz CT molecular complexity index is 875. The van der Waals surface area contributed by atoms with Gasteiger partial charge in [-0.3, -0.25) is 0 Å². The fourth-order valence-electron chi connectivity index (χ4n) is 3.57. The molecule has 0 bridgehead atoms. The predicted molar refractivity (Wildman–Crippen MR) is 107 cm³/mol. The first-order valence-corrected chi connectivity index (χ1v) is 9.40. The van der Waals surface area contributed by atoms with E-state index in [0.717, 1.165) is 33.8 Å². The van der Waals surface area contributed by atoms with Crippen LogP contribution < -0.4 is 9.47 Å². The fourth-order valence-corrected chi connectivity index (χ4v) is 3.57. The molecule has 0 unspecified atom stereocenters. The maximum Gasteiger partial charge on any atom is 0.242 e. The Morgan fingerprint density at radius 2 is 1.59 bits per heavy atom. The highest BCUT2D eigenvalue weighted by atomic mass is 16.7. The number of rotatable bonds is 2. The molecule has 0 amide bonds. The van der Waals surface area contributed by atoms with Gasteiger partial charge in [0.2, 0.25) is 6.29 Å². The monoisotopic (exact) mass is 370 g/mol. The van der Waals surface area contributed by atoms with Gasteiger partial charge in [-0.2, -0.15) is 0 Å². The Balaban J connectivity index is 1.98. The summed E-state index contributed by atoms with van der Waals surface area (Å²) >= 11 is 0. The number of phenols is 2. The van der Waals surface area contributed by atoms with Crippen molar-refractivity contribution in [2.75, 3.05) is 0 Å². The van der Waals surface area contributed by atoms with Gasteiger partial charge in [0.25, 0.3) is 0 Å². The van der Waals surface area contributed by atoms with E-state index >= 15 is 0 Å². The van der Waals surface area contributed by atoms with Crippen molar-refractivity contribution < 1.29 is 19.7 Å². The lowest BCUT2D eigenvalue weighted by atomic mass is 9.78. The summed E-state index contributed by atoms with van der Waals surface area (Å²) < 4.78 is 12.5. The average molecular weight is 370 g/mol. The molecule has 0 saturated heterocycles. The molecule has 3 rings (SSSR count). The largest absolute Gasteiger partial charge is 0.508 e. The number of benzene rings is 2. The zero-order valence-electron chi connectivity index (χ0n) is 17.3. The second kappa shape index (κ2) is 6.36. The van der Waals surface area contributed by atoms with Gasteiger partial charge in [-0.25, -0.2) is 0 Å². The summed E-state index contributed by atoms with van der Waals surface area (Å²) in [6.45, 7) is 14.3. The van der Waals surface area contributed by atoms with Crippen LogP contribution in [0, 0.1) is 13.8 Å². The smallest absolute Gasteiger partial charge is 0.242 e. The van der Waals surface area contributed by atoms with Crippen molar-refractivity contribution in [3.63, 3.8) is 0 Å². The first kappa shape index (κ1) is 19.4. The maximum absolute atomic E-state index is 10.2. The van der Waals surface area contributed by atoms with Gasteiger partial charge < -0.3 is 19.7 Å². The second-order valence-electron chi connectivity index (χ2n) is 9.27. The van der Waals surface area contributed by atoms with Crippen LogP contribution in [-0.2, 0) is 10.8 Å². The highest BCUT2D eigenvalue weighted by Gasteiger charge is 2.37. The highest BCUT2D eigenvalue weighted by Crippen LogP contribution is 2.45. The van der Waals surface area contributed by atoms with E-state index in [-0.39, 0.29) is 22.3 Å². The molecule has 0 saturated carbocycles. The molecule has 0 aromatic heterocycles. The van der Waals surface area contributed by atoms with E-state index in [1.807, 2.05) is 26.0 Å². The number of phenolic OH excluding ortho intramolecular Hbond substituents is 2. The summed E-state index contributed by atoms with van der Waals surface area (Å²) in [6, 6.07) is 7.33. The molecule has 2 N–H and O–H groups in total. The average Bonchev–Trinajstić information content (AvgIpc) is 2.51.